The van der Waals surface area contributed by atoms with Crippen LogP contribution >= 0.6 is 11.3 Å². The maximum atomic E-state index is 10.5. The van der Waals surface area contributed by atoms with Crippen LogP contribution in [0.4, 0.5) is 0 Å². The van der Waals surface area contributed by atoms with E-state index in [9.17, 15) is 4.79 Å². The Hall–Kier alpha value is -1.79. The molecule has 0 aliphatic carbocycles. The molecule has 0 atom stereocenters. The first-order valence-electron chi connectivity index (χ1n) is 5.91. The summed E-state index contributed by atoms with van der Waals surface area (Å²) in [4.78, 5) is 21.2. The average molecular weight is 277 g/mol. The van der Waals surface area contributed by atoms with Gasteiger partial charge >= 0.3 is 5.97 Å². The molecule has 5 nitrogen and oxygen atoms in total. The number of carboxylic acids is 1. The van der Waals surface area contributed by atoms with Crippen LogP contribution in [0.1, 0.15) is 11.4 Å². The monoisotopic (exact) mass is 277 g/mol. The molecule has 0 unspecified atom stereocenters. The number of hydrogen-bond acceptors (Lipinski definition) is 5. The fourth-order valence-electron chi connectivity index (χ4n) is 1.61. The minimum absolute atomic E-state index is 0.148. The Morgan fingerprint density at radius 2 is 2.26 bits per heavy atom. The third kappa shape index (κ3) is 4.11. The summed E-state index contributed by atoms with van der Waals surface area (Å²) in [6.45, 7) is 1.18. The predicted molar refractivity (Wildman–Crippen MR) is 73.9 cm³/mol. The van der Waals surface area contributed by atoms with E-state index in [0.29, 0.717) is 13.1 Å². The molecule has 0 bridgehead atoms. The van der Waals surface area contributed by atoms with Gasteiger partial charge in [0.15, 0.2) is 0 Å². The largest absolute Gasteiger partial charge is 0.481 e. The maximum Gasteiger partial charge on any atom is 0.304 e. The van der Waals surface area contributed by atoms with Crippen molar-refractivity contribution in [3.63, 3.8) is 0 Å². The van der Waals surface area contributed by atoms with Crippen molar-refractivity contribution in [1.29, 1.82) is 0 Å². The normalized spacial score (nSPS) is 10.8. The van der Waals surface area contributed by atoms with Crippen LogP contribution in [0.15, 0.2) is 29.8 Å². The Labute approximate surface area is 115 Å². The molecule has 0 aromatic carbocycles. The fraction of sp³-hybridized carbons (Fsp3) is 0.308. The number of carbonyl (C=O) groups is 1. The van der Waals surface area contributed by atoms with Gasteiger partial charge in [0.2, 0.25) is 0 Å². The summed E-state index contributed by atoms with van der Waals surface area (Å²) in [5.41, 5.74) is 1.73. The third-order valence-corrected chi connectivity index (χ3v) is 3.43. The van der Waals surface area contributed by atoms with E-state index in [1.54, 1.807) is 17.5 Å². The molecule has 2 rings (SSSR count). The Bertz CT molecular complexity index is 542. The molecule has 0 saturated heterocycles. The van der Waals surface area contributed by atoms with Crippen molar-refractivity contribution in [2.45, 2.75) is 13.0 Å². The van der Waals surface area contributed by atoms with Crippen LogP contribution in [0.5, 0.6) is 0 Å². The SMILES string of the molecule is CN(CCC(=O)O)Cc1nc(-c2ccccn2)cs1. The number of aromatic nitrogens is 2. The molecule has 19 heavy (non-hydrogen) atoms. The van der Waals surface area contributed by atoms with Crippen molar-refractivity contribution in [2.75, 3.05) is 13.6 Å². The molecule has 0 aliphatic heterocycles. The number of rotatable bonds is 6. The molecule has 0 aliphatic rings. The average Bonchev–Trinajstić information content (AvgIpc) is 2.86. The van der Waals surface area contributed by atoms with Gasteiger partial charge in [0, 0.05) is 18.1 Å². The maximum absolute atomic E-state index is 10.5. The number of pyridine rings is 1. The smallest absolute Gasteiger partial charge is 0.304 e. The topological polar surface area (TPSA) is 66.3 Å². The molecule has 2 aromatic heterocycles. The van der Waals surface area contributed by atoms with Crippen LogP contribution < -0.4 is 0 Å². The molecule has 6 heteroatoms. The first-order chi connectivity index (χ1) is 9.15. The van der Waals surface area contributed by atoms with Crippen molar-refractivity contribution >= 4 is 17.3 Å². The van der Waals surface area contributed by atoms with Gasteiger partial charge in [-0.25, -0.2) is 4.98 Å². The van der Waals surface area contributed by atoms with E-state index in [2.05, 4.69) is 9.97 Å². The number of aliphatic carboxylic acids is 1. The summed E-state index contributed by atoms with van der Waals surface area (Å²) in [6.07, 6.45) is 1.89. The second-order valence-electron chi connectivity index (χ2n) is 4.22. The van der Waals surface area contributed by atoms with Crippen molar-refractivity contribution in [1.82, 2.24) is 14.9 Å². The second kappa shape index (κ2) is 6.40. The third-order valence-electron chi connectivity index (χ3n) is 2.59. The van der Waals surface area contributed by atoms with Crippen molar-refractivity contribution in [2.24, 2.45) is 0 Å². The molecule has 1 N–H and O–H groups in total. The molecule has 100 valence electrons. The van der Waals surface area contributed by atoms with E-state index < -0.39 is 5.97 Å². The molecule has 0 saturated carbocycles. The summed E-state index contributed by atoms with van der Waals surface area (Å²) in [5.74, 6) is -0.778. The lowest BCUT2D eigenvalue weighted by atomic mass is 10.3. The number of carboxylic acid groups (broad SMARTS) is 1. The first-order valence-corrected chi connectivity index (χ1v) is 6.79. The van der Waals surface area contributed by atoms with Crippen LogP contribution in [0.3, 0.4) is 0 Å². The summed E-state index contributed by atoms with van der Waals surface area (Å²) in [6, 6.07) is 5.73. The van der Waals surface area contributed by atoms with E-state index in [1.807, 2.05) is 35.5 Å². The van der Waals surface area contributed by atoms with Gasteiger partial charge in [-0.1, -0.05) is 6.07 Å². The highest BCUT2D eigenvalue weighted by molar-refractivity contribution is 7.09. The molecule has 0 fully saturated rings. The van der Waals surface area contributed by atoms with Gasteiger partial charge in [0.05, 0.1) is 24.4 Å². The van der Waals surface area contributed by atoms with Gasteiger partial charge in [-0.15, -0.1) is 11.3 Å². The summed E-state index contributed by atoms with van der Waals surface area (Å²) in [5, 5.41) is 11.6. The first kappa shape index (κ1) is 13.6. The van der Waals surface area contributed by atoms with Gasteiger partial charge in [-0.2, -0.15) is 0 Å². The molecule has 0 radical (unpaired) electrons. The van der Waals surface area contributed by atoms with Crippen LogP contribution in [-0.4, -0.2) is 39.5 Å². The molecule has 0 spiro atoms. The molecule has 2 aromatic rings. The zero-order valence-corrected chi connectivity index (χ0v) is 11.4. The van der Waals surface area contributed by atoms with Gasteiger partial charge in [0.25, 0.3) is 0 Å². The molecular weight excluding hydrogens is 262 g/mol. The zero-order chi connectivity index (χ0) is 13.7. The van der Waals surface area contributed by atoms with E-state index in [1.165, 1.54) is 0 Å². The van der Waals surface area contributed by atoms with Crippen LogP contribution in [-0.2, 0) is 11.3 Å². The number of thiazole rings is 1. The van der Waals surface area contributed by atoms with Crippen molar-refractivity contribution < 1.29 is 9.90 Å². The van der Waals surface area contributed by atoms with E-state index in [0.717, 1.165) is 16.4 Å². The highest BCUT2D eigenvalue weighted by atomic mass is 32.1. The van der Waals surface area contributed by atoms with E-state index >= 15 is 0 Å². The molecular formula is C13H15N3O2S. The van der Waals surface area contributed by atoms with E-state index in [4.69, 9.17) is 5.11 Å². The molecule has 0 amide bonds. The summed E-state index contributed by atoms with van der Waals surface area (Å²) in [7, 11) is 1.89. The van der Waals surface area contributed by atoms with Crippen LogP contribution in [0.2, 0.25) is 0 Å². The minimum atomic E-state index is -0.778. The van der Waals surface area contributed by atoms with Crippen molar-refractivity contribution in [3.8, 4) is 11.4 Å². The lowest BCUT2D eigenvalue weighted by Gasteiger charge is -2.12. The molecule has 2 heterocycles. The lowest BCUT2D eigenvalue weighted by Crippen LogP contribution is -2.21. The van der Waals surface area contributed by atoms with Crippen molar-refractivity contribution in [3.05, 3.63) is 34.8 Å². The highest BCUT2D eigenvalue weighted by Crippen LogP contribution is 2.20. The Kier molecular flexibility index (Phi) is 4.59. The van der Waals surface area contributed by atoms with Gasteiger partial charge in [-0.05, 0) is 19.2 Å². The lowest BCUT2D eigenvalue weighted by molar-refractivity contribution is -0.137. The summed E-state index contributed by atoms with van der Waals surface area (Å²) >= 11 is 1.57. The number of nitrogens with zero attached hydrogens (tertiary/aromatic N) is 3. The second-order valence-corrected chi connectivity index (χ2v) is 5.17. The van der Waals surface area contributed by atoms with Gasteiger partial charge < -0.3 is 5.11 Å². The van der Waals surface area contributed by atoms with Gasteiger partial charge in [0.1, 0.15) is 5.01 Å². The Morgan fingerprint density at radius 1 is 1.42 bits per heavy atom. The standard InChI is InChI=1S/C13H15N3O2S/c1-16(7-5-13(17)18)8-12-15-11(9-19-12)10-4-2-3-6-14-10/h2-4,6,9H,5,7-8H2,1H3,(H,17,18). The minimum Gasteiger partial charge on any atom is -0.481 e. The van der Waals surface area contributed by atoms with E-state index in [-0.39, 0.29) is 6.42 Å². The fourth-order valence-corrected chi connectivity index (χ4v) is 2.48. The van der Waals surface area contributed by atoms with Crippen LogP contribution in [0, 0.1) is 0 Å². The van der Waals surface area contributed by atoms with Gasteiger partial charge in [-0.3, -0.25) is 14.7 Å². The Morgan fingerprint density at radius 3 is 2.95 bits per heavy atom. The summed E-state index contributed by atoms with van der Waals surface area (Å²) < 4.78 is 0. The highest BCUT2D eigenvalue weighted by Gasteiger charge is 2.08. The van der Waals surface area contributed by atoms with Crippen LogP contribution in [0.25, 0.3) is 11.4 Å². The number of hydrogen-bond donors (Lipinski definition) is 1. The quantitative estimate of drug-likeness (QED) is 0.876. The predicted octanol–water partition coefficient (Wildman–Crippen LogP) is 2.11. The zero-order valence-electron chi connectivity index (χ0n) is 10.6. The Balaban J connectivity index is 1.96.